The summed E-state index contributed by atoms with van der Waals surface area (Å²) in [7, 11) is 0. The monoisotopic (exact) mass is 251 g/mol. The highest BCUT2D eigenvalue weighted by atomic mass is 35.5. The molecular weight excluding hydrogens is 238 g/mol. The number of benzene rings is 1. The molecule has 0 aliphatic heterocycles. The van der Waals surface area contributed by atoms with Gasteiger partial charge in [0.15, 0.2) is 0 Å². The van der Waals surface area contributed by atoms with Gasteiger partial charge in [-0.15, -0.1) is 0 Å². The van der Waals surface area contributed by atoms with E-state index in [0.29, 0.717) is 22.8 Å². The van der Waals surface area contributed by atoms with Crippen molar-refractivity contribution in [2.75, 3.05) is 5.73 Å². The van der Waals surface area contributed by atoms with Gasteiger partial charge in [0.25, 0.3) is 0 Å². The van der Waals surface area contributed by atoms with E-state index in [1.165, 1.54) is 0 Å². The number of halogens is 1. The van der Waals surface area contributed by atoms with Crippen LogP contribution in [0, 0.1) is 0 Å². The standard InChI is InChI=1S/C12H14ClN3O/c1-2-16-11(5-6-15-16)12(17)9-4-3-8(13)7-10(9)14/h3-7,12,17H,2,14H2,1H3. The number of nitrogen functional groups attached to an aromatic ring is 1. The van der Waals surface area contributed by atoms with Crippen LogP contribution in [0.5, 0.6) is 0 Å². The van der Waals surface area contributed by atoms with E-state index < -0.39 is 6.10 Å². The van der Waals surface area contributed by atoms with E-state index in [2.05, 4.69) is 5.10 Å². The van der Waals surface area contributed by atoms with Gasteiger partial charge in [0.1, 0.15) is 6.10 Å². The van der Waals surface area contributed by atoms with E-state index in [4.69, 9.17) is 17.3 Å². The number of nitrogens with zero attached hydrogens (tertiary/aromatic N) is 2. The zero-order valence-corrected chi connectivity index (χ0v) is 10.2. The largest absolute Gasteiger partial charge is 0.398 e. The zero-order chi connectivity index (χ0) is 12.4. The van der Waals surface area contributed by atoms with E-state index in [-0.39, 0.29) is 0 Å². The number of aliphatic hydroxyl groups excluding tert-OH is 1. The van der Waals surface area contributed by atoms with Crippen molar-refractivity contribution >= 4 is 17.3 Å². The van der Waals surface area contributed by atoms with E-state index in [1.54, 1.807) is 35.1 Å². The van der Waals surface area contributed by atoms with Crippen LogP contribution in [-0.4, -0.2) is 14.9 Å². The third kappa shape index (κ3) is 2.28. The highest BCUT2D eigenvalue weighted by molar-refractivity contribution is 6.30. The third-order valence-corrected chi connectivity index (χ3v) is 2.91. The Labute approximate surface area is 105 Å². The van der Waals surface area contributed by atoms with Gasteiger partial charge in [-0.1, -0.05) is 17.7 Å². The molecule has 0 bridgehead atoms. The summed E-state index contributed by atoms with van der Waals surface area (Å²) >= 11 is 5.83. The smallest absolute Gasteiger partial charge is 0.123 e. The lowest BCUT2D eigenvalue weighted by atomic mass is 10.0. The van der Waals surface area contributed by atoms with E-state index >= 15 is 0 Å². The van der Waals surface area contributed by atoms with Crippen molar-refractivity contribution < 1.29 is 5.11 Å². The van der Waals surface area contributed by atoms with Crippen molar-refractivity contribution in [2.24, 2.45) is 0 Å². The lowest BCUT2D eigenvalue weighted by molar-refractivity contribution is 0.209. The molecule has 0 fully saturated rings. The normalized spacial score (nSPS) is 12.6. The van der Waals surface area contributed by atoms with Crippen LogP contribution in [0.2, 0.25) is 5.02 Å². The minimum absolute atomic E-state index is 0.480. The Kier molecular flexibility index (Phi) is 3.36. The van der Waals surface area contributed by atoms with Gasteiger partial charge in [-0.2, -0.15) is 5.10 Å². The number of nitrogens with two attached hydrogens (primary N) is 1. The second-order valence-corrected chi connectivity index (χ2v) is 4.18. The second-order valence-electron chi connectivity index (χ2n) is 3.75. The highest BCUT2D eigenvalue weighted by Crippen LogP contribution is 2.28. The first-order valence-electron chi connectivity index (χ1n) is 5.38. The molecule has 1 atom stereocenters. The minimum Gasteiger partial charge on any atom is -0.398 e. The molecule has 0 saturated carbocycles. The summed E-state index contributed by atoms with van der Waals surface area (Å²) in [5, 5.41) is 15.0. The fourth-order valence-electron chi connectivity index (χ4n) is 1.79. The van der Waals surface area contributed by atoms with Gasteiger partial charge in [0.2, 0.25) is 0 Å². The maximum atomic E-state index is 10.3. The fourth-order valence-corrected chi connectivity index (χ4v) is 1.97. The molecule has 0 radical (unpaired) electrons. The SMILES string of the molecule is CCn1nccc1C(O)c1ccc(Cl)cc1N. The molecule has 2 rings (SSSR count). The zero-order valence-electron chi connectivity index (χ0n) is 9.47. The first-order chi connectivity index (χ1) is 8.13. The molecule has 1 unspecified atom stereocenters. The third-order valence-electron chi connectivity index (χ3n) is 2.67. The molecule has 0 aliphatic rings. The lowest BCUT2D eigenvalue weighted by Gasteiger charge is -2.15. The van der Waals surface area contributed by atoms with Gasteiger partial charge in [0.05, 0.1) is 5.69 Å². The quantitative estimate of drug-likeness (QED) is 0.823. The maximum absolute atomic E-state index is 10.3. The van der Waals surface area contributed by atoms with E-state index in [0.717, 1.165) is 5.69 Å². The molecule has 1 heterocycles. The van der Waals surface area contributed by atoms with Gasteiger partial charge in [-0.25, -0.2) is 0 Å². The molecule has 0 saturated heterocycles. The molecular formula is C12H14ClN3O. The number of aryl methyl sites for hydroxylation is 1. The maximum Gasteiger partial charge on any atom is 0.123 e. The van der Waals surface area contributed by atoms with Crippen molar-refractivity contribution in [1.82, 2.24) is 9.78 Å². The Bertz CT molecular complexity index is 524. The molecule has 1 aromatic carbocycles. The number of aliphatic hydroxyl groups is 1. The minimum atomic E-state index is -0.783. The summed E-state index contributed by atoms with van der Waals surface area (Å²) in [6, 6.07) is 6.85. The molecule has 90 valence electrons. The summed E-state index contributed by atoms with van der Waals surface area (Å²) in [6.45, 7) is 2.67. The molecule has 0 aliphatic carbocycles. The Morgan fingerprint density at radius 3 is 2.88 bits per heavy atom. The number of hydrogen-bond acceptors (Lipinski definition) is 3. The van der Waals surface area contributed by atoms with E-state index in [9.17, 15) is 5.11 Å². The van der Waals surface area contributed by atoms with Crippen LogP contribution in [0.3, 0.4) is 0 Å². The van der Waals surface area contributed by atoms with Gasteiger partial charge in [0, 0.05) is 29.0 Å². The van der Waals surface area contributed by atoms with Crippen LogP contribution in [0.25, 0.3) is 0 Å². The molecule has 0 amide bonds. The van der Waals surface area contributed by atoms with Gasteiger partial charge < -0.3 is 10.8 Å². The number of aromatic nitrogens is 2. The van der Waals surface area contributed by atoms with Crippen molar-refractivity contribution in [1.29, 1.82) is 0 Å². The van der Waals surface area contributed by atoms with Crippen LogP contribution >= 0.6 is 11.6 Å². The Morgan fingerprint density at radius 1 is 1.47 bits per heavy atom. The van der Waals surface area contributed by atoms with Gasteiger partial charge >= 0.3 is 0 Å². The first kappa shape index (κ1) is 12.0. The van der Waals surface area contributed by atoms with Crippen molar-refractivity contribution in [3.63, 3.8) is 0 Å². The van der Waals surface area contributed by atoms with Crippen molar-refractivity contribution in [3.05, 3.63) is 46.7 Å². The lowest BCUT2D eigenvalue weighted by Crippen LogP contribution is -2.10. The summed E-state index contributed by atoms with van der Waals surface area (Å²) in [4.78, 5) is 0. The van der Waals surface area contributed by atoms with Crippen LogP contribution in [0.4, 0.5) is 5.69 Å². The van der Waals surface area contributed by atoms with Crippen LogP contribution in [0.1, 0.15) is 24.3 Å². The van der Waals surface area contributed by atoms with Gasteiger partial charge in [-0.3, -0.25) is 4.68 Å². The fraction of sp³-hybridized carbons (Fsp3) is 0.250. The van der Waals surface area contributed by atoms with Crippen LogP contribution in [-0.2, 0) is 6.54 Å². The number of anilines is 1. The van der Waals surface area contributed by atoms with E-state index in [1.807, 2.05) is 6.92 Å². The molecule has 4 nitrogen and oxygen atoms in total. The predicted molar refractivity (Wildman–Crippen MR) is 67.8 cm³/mol. The van der Waals surface area contributed by atoms with Crippen LogP contribution in [0.15, 0.2) is 30.5 Å². The second kappa shape index (κ2) is 4.77. The summed E-state index contributed by atoms with van der Waals surface area (Å²) < 4.78 is 1.73. The molecule has 2 aromatic rings. The molecule has 1 aromatic heterocycles. The molecule has 5 heteroatoms. The first-order valence-corrected chi connectivity index (χ1v) is 5.76. The highest BCUT2D eigenvalue weighted by Gasteiger charge is 2.17. The molecule has 17 heavy (non-hydrogen) atoms. The Hall–Kier alpha value is -1.52. The Balaban J connectivity index is 2.40. The summed E-state index contributed by atoms with van der Waals surface area (Å²) in [5.74, 6) is 0. The average Bonchev–Trinajstić information content (AvgIpc) is 2.76. The number of hydrogen-bond donors (Lipinski definition) is 2. The van der Waals surface area contributed by atoms with Crippen LogP contribution < -0.4 is 5.73 Å². The summed E-state index contributed by atoms with van der Waals surface area (Å²) in [5.41, 5.74) is 7.69. The summed E-state index contributed by atoms with van der Waals surface area (Å²) in [6.07, 6.45) is 0.878. The Morgan fingerprint density at radius 2 is 2.24 bits per heavy atom. The van der Waals surface area contributed by atoms with Gasteiger partial charge in [-0.05, 0) is 25.1 Å². The van der Waals surface area contributed by atoms with Crippen molar-refractivity contribution in [2.45, 2.75) is 19.6 Å². The topological polar surface area (TPSA) is 64.1 Å². The average molecular weight is 252 g/mol. The molecule has 0 spiro atoms. The molecule has 3 N–H and O–H groups in total. The number of rotatable bonds is 3. The van der Waals surface area contributed by atoms with Crippen molar-refractivity contribution in [3.8, 4) is 0 Å². The predicted octanol–water partition coefficient (Wildman–Crippen LogP) is 2.22.